The summed E-state index contributed by atoms with van der Waals surface area (Å²) in [6, 6.07) is 40.3. The molecule has 4 heteroatoms. The van der Waals surface area contributed by atoms with Crippen LogP contribution in [-0.4, -0.2) is 19.6 Å². The predicted molar refractivity (Wildman–Crippen MR) is 263 cm³/mol. The number of phenols is 1. The molecule has 6 aromatic carbocycles. The van der Waals surface area contributed by atoms with Crippen molar-refractivity contribution in [2.45, 2.75) is 106 Å². The van der Waals surface area contributed by atoms with Gasteiger partial charge in [0.25, 0.3) is 0 Å². The van der Waals surface area contributed by atoms with Gasteiger partial charge in [0.2, 0.25) is 0 Å². The zero-order valence-electron chi connectivity index (χ0n) is 43.0. The van der Waals surface area contributed by atoms with Gasteiger partial charge in [-0.25, -0.2) is 4.98 Å². The quantitative estimate of drug-likeness (QED) is 0.158. The van der Waals surface area contributed by atoms with E-state index in [1.807, 2.05) is 119 Å². The van der Waals surface area contributed by atoms with Gasteiger partial charge in [0.05, 0.1) is 28.0 Å². The molecular formula is C58H61N3O. The SMILES string of the molecule is [2H]C([2H])([2H])c1cc(-c2c(C(C)C)cccc2C([2H])(C)C)ccc1-n1c(-c2cc(C)cc(C)c2O)nc2c(-c3cc(-c4cc(-c5ccc(C([2H])(C)C)cc5)ccn4)cc(C(C)(C)C)c3)cccc21. The van der Waals surface area contributed by atoms with Gasteiger partial charge in [-0.15, -0.1) is 0 Å². The van der Waals surface area contributed by atoms with Crippen molar-refractivity contribution in [3.8, 4) is 67.5 Å². The Labute approximate surface area is 376 Å². The van der Waals surface area contributed by atoms with E-state index in [0.29, 0.717) is 33.7 Å². The van der Waals surface area contributed by atoms with Gasteiger partial charge in [-0.2, -0.15) is 0 Å². The Balaban J connectivity index is 1.39. The van der Waals surface area contributed by atoms with Crippen LogP contribution in [0.25, 0.3) is 72.7 Å². The number of aromatic hydroxyl groups is 1. The van der Waals surface area contributed by atoms with Gasteiger partial charge < -0.3 is 5.11 Å². The number of pyridine rings is 1. The normalized spacial score (nSPS) is 13.8. The minimum atomic E-state index is -2.55. The van der Waals surface area contributed by atoms with Crippen molar-refractivity contribution < 1.29 is 12.0 Å². The topological polar surface area (TPSA) is 50.9 Å². The maximum absolute atomic E-state index is 11.8. The number of aromatic nitrogens is 3. The summed E-state index contributed by atoms with van der Waals surface area (Å²) in [5, 5.41) is 11.8. The largest absolute Gasteiger partial charge is 0.507 e. The molecule has 62 heavy (non-hydrogen) atoms. The van der Waals surface area contributed by atoms with E-state index in [4.69, 9.17) is 16.8 Å². The molecule has 1 N–H and O–H groups in total. The minimum absolute atomic E-state index is 0.0740. The molecule has 0 saturated heterocycles. The maximum atomic E-state index is 11.8. The third kappa shape index (κ3) is 7.99. The van der Waals surface area contributed by atoms with Crippen LogP contribution in [0, 0.1) is 20.7 Å². The van der Waals surface area contributed by atoms with Gasteiger partial charge in [0, 0.05) is 24.2 Å². The number of hydrogen-bond donors (Lipinski definition) is 1. The van der Waals surface area contributed by atoms with Crippen molar-refractivity contribution >= 4 is 11.0 Å². The highest BCUT2D eigenvalue weighted by Gasteiger charge is 2.24. The van der Waals surface area contributed by atoms with Crippen molar-refractivity contribution in [3.63, 3.8) is 0 Å². The molecule has 0 aliphatic rings. The Bertz CT molecular complexity index is 3180. The summed E-state index contributed by atoms with van der Waals surface area (Å²) in [5.41, 5.74) is 14.9. The molecule has 8 rings (SSSR count). The number of benzene rings is 6. The first-order valence-corrected chi connectivity index (χ1v) is 21.7. The highest BCUT2D eigenvalue weighted by atomic mass is 16.3. The summed E-state index contributed by atoms with van der Waals surface area (Å²) in [6.45, 7) is 19.6. The molecule has 2 aromatic heterocycles. The van der Waals surface area contributed by atoms with Crippen LogP contribution >= 0.6 is 0 Å². The fourth-order valence-corrected chi connectivity index (χ4v) is 8.69. The van der Waals surface area contributed by atoms with Gasteiger partial charge in [0.1, 0.15) is 11.6 Å². The van der Waals surface area contributed by atoms with Crippen LogP contribution in [0.2, 0.25) is 0 Å². The molecule has 0 fully saturated rings. The lowest BCUT2D eigenvalue weighted by atomic mass is 9.83. The highest BCUT2D eigenvalue weighted by Crippen LogP contribution is 2.43. The van der Waals surface area contributed by atoms with Gasteiger partial charge in [-0.1, -0.05) is 135 Å². The van der Waals surface area contributed by atoms with Crippen LogP contribution in [0.1, 0.15) is 126 Å². The van der Waals surface area contributed by atoms with Crippen molar-refractivity contribution in [2.24, 2.45) is 0 Å². The first-order chi connectivity index (χ1) is 31.3. The molecule has 0 atom stereocenters. The van der Waals surface area contributed by atoms with Crippen LogP contribution in [0.5, 0.6) is 5.75 Å². The number of para-hydroxylation sites is 1. The van der Waals surface area contributed by atoms with E-state index in [0.717, 1.165) is 72.5 Å². The average molecular weight is 821 g/mol. The zero-order chi connectivity index (χ0) is 48.5. The summed E-state index contributed by atoms with van der Waals surface area (Å²) in [5.74, 6) is -1.02. The van der Waals surface area contributed by atoms with E-state index in [9.17, 15) is 5.11 Å². The second kappa shape index (κ2) is 16.5. The Morgan fingerprint density at radius 2 is 1.35 bits per heavy atom. The van der Waals surface area contributed by atoms with E-state index < -0.39 is 18.6 Å². The van der Waals surface area contributed by atoms with E-state index >= 15 is 0 Å². The second-order valence-electron chi connectivity index (χ2n) is 18.6. The molecule has 0 bridgehead atoms. The number of imidazole rings is 1. The van der Waals surface area contributed by atoms with Crippen LogP contribution in [-0.2, 0) is 5.41 Å². The van der Waals surface area contributed by atoms with Gasteiger partial charge in [-0.3, -0.25) is 9.55 Å². The van der Waals surface area contributed by atoms with Gasteiger partial charge in [-0.05, 0) is 159 Å². The number of fused-ring (bicyclic) bond motifs is 1. The summed E-state index contributed by atoms with van der Waals surface area (Å²) >= 11 is 0. The molecule has 0 unspecified atom stereocenters. The summed E-state index contributed by atoms with van der Waals surface area (Å²) in [4.78, 5) is 10.3. The van der Waals surface area contributed by atoms with E-state index in [-0.39, 0.29) is 22.6 Å². The second-order valence-corrected chi connectivity index (χ2v) is 18.6. The molecular weight excluding hydrogens is 755 g/mol. The number of rotatable bonds is 9. The third-order valence-electron chi connectivity index (χ3n) is 12.1. The van der Waals surface area contributed by atoms with Crippen LogP contribution < -0.4 is 0 Å². The van der Waals surface area contributed by atoms with Crippen molar-refractivity contribution in [1.29, 1.82) is 0 Å². The Kier molecular flexibility index (Phi) is 9.72. The summed E-state index contributed by atoms with van der Waals surface area (Å²) in [6.07, 6.45) is 1.84. The van der Waals surface area contributed by atoms with E-state index in [2.05, 4.69) is 83.1 Å². The maximum Gasteiger partial charge on any atom is 0.149 e. The number of hydrogen-bond acceptors (Lipinski definition) is 3. The van der Waals surface area contributed by atoms with Gasteiger partial charge in [0.15, 0.2) is 0 Å². The van der Waals surface area contributed by atoms with Crippen molar-refractivity contribution in [2.75, 3.05) is 0 Å². The standard InChI is InChI=1S/C58H61N3O/c1-34(2)40-19-21-41(22-20-40)42-25-26-59-51(33-42)45-30-44(31-46(32-45)58(10,11)12)49-17-14-18-53-55(49)60-57(50-28-37(7)27-39(9)56(50)62)61(53)52-24-23-43(29-38(52)8)54-47(35(3)4)15-13-16-48(54)36(5)6/h13-36,62H,1-12H3/i8D3,34D,35D. The fraction of sp³-hybridized carbons (Fsp3) is 0.276. The molecule has 0 radical (unpaired) electrons. The monoisotopic (exact) mass is 821 g/mol. The number of phenolic OH excluding ortho intramolecular Hbond substituents is 1. The van der Waals surface area contributed by atoms with E-state index in [1.165, 1.54) is 0 Å². The van der Waals surface area contributed by atoms with Crippen molar-refractivity contribution in [1.82, 2.24) is 14.5 Å². The van der Waals surface area contributed by atoms with Crippen LogP contribution in [0.4, 0.5) is 0 Å². The molecule has 314 valence electrons. The number of nitrogens with zero attached hydrogens (tertiary/aromatic N) is 3. The molecule has 8 aromatic rings. The van der Waals surface area contributed by atoms with Gasteiger partial charge >= 0.3 is 0 Å². The molecule has 0 amide bonds. The molecule has 0 saturated carbocycles. The Morgan fingerprint density at radius 3 is 2.05 bits per heavy atom. The van der Waals surface area contributed by atoms with Crippen LogP contribution in [0.3, 0.4) is 0 Å². The fourth-order valence-electron chi connectivity index (χ4n) is 8.69. The zero-order valence-corrected chi connectivity index (χ0v) is 38.0. The third-order valence-corrected chi connectivity index (χ3v) is 12.1. The smallest absolute Gasteiger partial charge is 0.149 e. The molecule has 4 nitrogen and oxygen atoms in total. The molecule has 2 heterocycles. The molecule has 0 aliphatic carbocycles. The highest BCUT2D eigenvalue weighted by molar-refractivity contribution is 5.97. The lowest BCUT2D eigenvalue weighted by Gasteiger charge is -2.22. The lowest BCUT2D eigenvalue weighted by Crippen LogP contribution is -2.11. The average Bonchev–Trinajstić information content (AvgIpc) is 3.65. The first kappa shape index (κ1) is 36.4. The van der Waals surface area contributed by atoms with Crippen LogP contribution in [0.15, 0.2) is 128 Å². The summed E-state index contributed by atoms with van der Waals surface area (Å²) < 4.78 is 46.7. The summed E-state index contributed by atoms with van der Waals surface area (Å²) in [7, 11) is 0. The molecule has 0 aliphatic heterocycles. The minimum Gasteiger partial charge on any atom is -0.507 e. The first-order valence-electron chi connectivity index (χ1n) is 24.2. The Hall–Kier alpha value is -6.26. The van der Waals surface area contributed by atoms with Crippen molar-refractivity contribution in [3.05, 3.63) is 166 Å². The number of aryl methyl sites for hydroxylation is 3. The molecule has 0 spiro atoms. The lowest BCUT2D eigenvalue weighted by molar-refractivity contribution is 0.472. The Morgan fingerprint density at radius 1 is 0.645 bits per heavy atom. The van der Waals surface area contributed by atoms with E-state index in [1.54, 1.807) is 6.07 Å². The predicted octanol–water partition coefficient (Wildman–Crippen LogP) is 16.1.